The smallest absolute Gasteiger partial charge is 0.191 e. The van der Waals surface area contributed by atoms with E-state index in [0.29, 0.717) is 12.4 Å². The van der Waals surface area contributed by atoms with Gasteiger partial charge in [0, 0.05) is 19.6 Å². The van der Waals surface area contributed by atoms with Gasteiger partial charge in [-0.1, -0.05) is 29.8 Å². The van der Waals surface area contributed by atoms with Crippen molar-refractivity contribution in [3.63, 3.8) is 0 Å². The van der Waals surface area contributed by atoms with E-state index in [2.05, 4.69) is 46.8 Å². The molecule has 1 aliphatic heterocycles. The third-order valence-corrected chi connectivity index (χ3v) is 5.35. The van der Waals surface area contributed by atoms with Gasteiger partial charge in [-0.3, -0.25) is 4.99 Å². The van der Waals surface area contributed by atoms with Gasteiger partial charge in [-0.25, -0.2) is 8.42 Å². The van der Waals surface area contributed by atoms with Crippen LogP contribution in [0.25, 0.3) is 0 Å². The first kappa shape index (κ1) is 19.2. The summed E-state index contributed by atoms with van der Waals surface area (Å²) < 4.78 is 22.9. The minimum atomic E-state index is -2.86. The van der Waals surface area contributed by atoms with E-state index in [0.717, 1.165) is 13.0 Å². The molecule has 1 aromatic carbocycles. The van der Waals surface area contributed by atoms with Crippen molar-refractivity contribution in [2.45, 2.75) is 25.8 Å². The molecule has 5 nitrogen and oxygen atoms in total. The van der Waals surface area contributed by atoms with Crippen LogP contribution in [0.1, 0.15) is 17.5 Å². The maximum atomic E-state index is 11.4. The number of nitrogens with zero attached hydrogens (tertiary/aromatic N) is 1. The number of nitrogens with one attached hydrogen (secondary N) is 2. The molecule has 2 rings (SSSR count). The minimum Gasteiger partial charge on any atom is -0.356 e. The molecule has 1 unspecified atom stereocenters. The summed E-state index contributed by atoms with van der Waals surface area (Å²) in [5.41, 5.74) is 2.53. The number of sulfone groups is 1. The maximum Gasteiger partial charge on any atom is 0.191 e. The van der Waals surface area contributed by atoms with Gasteiger partial charge >= 0.3 is 0 Å². The fraction of sp³-hybridized carbons (Fsp3) is 0.533. The van der Waals surface area contributed by atoms with Crippen LogP contribution in [-0.2, 0) is 16.3 Å². The molecule has 22 heavy (non-hydrogen) atoms. The van der Waals surface area contributed by atoms with Crippen molar-refractivity contribution >= 4 is 39.8 Å². The highest BCUT2D eigenvalue weighted by atomic mass is 127. The van der Waals surface area contributed by atoms with Crippen molar-refractivity contribution < 1.29 is 8.42 Å². The summed E-state index contributed by atoms with van der Waals surface area (Å²) in [7, 11) is -1.16. The standard InChI is InChI=1S/C15H23N3O2S.HI/c1-12-4-3-5-13(10-12)6-8-17-15(16-2)18-14-7-9-21(19,20)11-14;/h3-5,10,14H,6-9,11H2,1-2H3,(H2,16,17,18);1H. The van der Waals surface area contributed by atoms with Crippen molar-refractivity contribution in [1.29, 1.82) is 0 Å². The largest absolute Gasteiger partial charge is 0.356 e. The summed E-state index contributed by atoms with van der Waals surface area (Å²) in [6.45, 7) is 2.85. The summed E-state index contributed by atoms with van der Waals surface area (Å²) in [5, 5.41) is 6.41. The molecule has 1 heterocycles. The average Bonchev–Trinajstić information content (AvgIpc) is 2.77. The number of aliphatic imine (C=N–C) groups is 1. The lowest BCUT2D eigenvalue weighted by Crippen LogP contribution is -2.44. The zero-order chi connectivity index (χ0) is 15.3. The highest BCUT2D eigenvalue weighted by Crippen LogP contribution is 2.11. The molecule has 0 radical (unpaired) electrons. The van der Waals surface area contributed by atoms with Crippen LogP contribution in [0.4, 0.5) is 0 Å². The Kier molecular flexibility index (Phi) is 7.61. The summed E-state index contributed by atoms with van der Waals surface area (Å²) in [4.78, 5) is 4.15. The number of hydrogen-bond acceptors (Lipinski definition) is 3. The maximum absolute atomic E-state index is 11.4. The summed E-state index contributed by atoms with van der Waals surface area (Å²) >= 11 is 0. The fourth-order valence-corrected chi connectivity index (χ4v) is 4.16. The molecule has 0 saturated carbocycles. The second-order valence-electron chi connectivity index (χ2n) is 5.48. The van der Waals surface area contributed by atoms with Gasteiger partial charge < -0.3 is 10.6 Å². The first-order valence-corrected chi connectivity index (χ1v) is 9.04. The quantitative estimate of drug-likeness (QED) is 0.426. The molecular weight excluding hydrogens is 413 g/mol. The topological polar surface area (TPSA) is 70.6 Å². The number of halogens is 1. The van der Waals surface area contributed by atoms with Crippen LogP contribution in [0.2, 0.25) is 0 Å². The van der Waals surface area contributed by atoms with E-state index in [1.807, 2.05) is 0 Å². The molecule has 0 spiro atoms. The van der Waals surface area contributed by atoms with Crippen LogP contribution in [-0.4, -0.2) is 45.5 Å². The van der Waals surface area contributed by atoms with Crippen molar-refractivity contribution in [2.24, 2.45) is 4.99 Å². The van der Waals surface area contributed by atoms with Crippen molar-refractivity contribution in [2.75, 3.05) is 25.1 Å². The van der Waals surface area contributed by atoms with Gasteiger partial charge in [-0.15, -0.1) is 24.0 Å². The van der Waals surface area contributed by atoms with Crippen LogP contribution < -0.4 is 10.6 Å². The Hall–Kier alpha value is -0.830. The van der Waals surface area contributed by atoms with E-state index in [1.54, 1.807) is 7.05 Å². The average molecular weight is 437 g/mol. The van der Waals surface area contributed by atoms with Crippen LogP contribution in [0.5, 0.6) is 0 Å². The van der Waals surface area contributed by atoms with Gasteiger partial charge in [0.25, 0.3) is 0 Å². The predicted molar refractivity (Wildman–Crippen MR) is 102 cm³/mol. The van der Waals surface area contributed by atoms with Crippen LogP contribution in [0.3, 0.4) is 0 Å². The van der Waals surface area contributed by atoms with E-state index in [-0.39, 0.29) is 41.5 Å². The highest BCUT2D eigenvalue weighted by molar-refractivity contribution is 14.0. The van der Waals surface area contributed by atoms with E-state index in [9.17, 15) is 8.42 Å². The molecular formula is C15H24IN3O2S. The van der Waals surface area contributed by atoms with Gasteiger partial charge in [0.15, 0.2) is 15.8 Å². The number of aryl methyl sites for hydroxylation is 1. The highest BCUT2D eigenvalue weighted by Gasteiger charge is 2.28. The molecule has 1 atom stereocenters. The van der Waals surface area contributed by atoms with Gasteiger partial charge in [0.05, 0.1) is 11.5 Å². The molecule has 0 aliphatic carbocycles. The van der Waals surface area contributed by atoms with Gasteiger partial charge in [-0.05, 0) is 25.3 Å². The first-order chi connectivity index (χ1) is 9.98. The lowest BCUT2D eigenvalue weighted by molar-refractivity contribution is 0.599. The fourth-order valence-electron chi connectivity index (χ4n) is 2.49. The Labute approximate surface area is 149 Å². The van der Waals surface area contributed by atoms with Crippen molar-refractivity contribution in [3.05, 3.63) is 35.4 Å². The Bertz CT molecular complexity index is 617. The molecule has 0 aromatic heterocycles. The van der Waals surface area contributed by atoms with E-state index >= 15 is 0 Å². The number of benzene rings is 1. The van der Waals surface area contributed by atoms with Gasteiger partial charge in [0.2, 0.25) is 0 Å². The first-order valence-electron chi connectivity index (χ1n) is 7.22. The predicted octanol–water partition coefficient (Wildman–Crippen LogP) is 1.51. The third kappa shape index (κ3) is 6.12. The lowest BCUT2D eigenvalue weighted by Gasteiger charge is -2.16. The molecule has 0 amide bonds. The van der Waals surface area contributed by atoms with Crippen molar-refractivity contribution in [1.82, 2.24) is 10.6 Å². The normalized spacial score (nSPS) is 20.3. The van der Waals surface area contributed by atoms with Crippen LogP contribution >= 0.6 is 24.0 Å². The zero-order valence-corrected chi connectivity index (χ0v) is 16.1. The SMILES string of the molecule is CN=C(NCCc1cccc(C)c1)NC1CCS(=O)(=O)C1.I. The van der Waals surface area contributed by atoms with Crippen molar-refractivity contribution in [3.8, 4) is 0 Å². The van der Waals surface area contributed by atoms with E-state index < -0.39 is 9.84 Å². The molecule has 1 aliphatic rings. The number of hydrogen-bond donors (Lipinski definition) is 2. The van der Waals surface area contributed by atoms with Gasteiger partial charge in [0.1, 0.15) is 0 Å². The minimum absolute atomic E-state index is 0. The van der Waals surface area contributed by atoms with E-state index in [1.165, 1.54) is 11.1 Å². The van der Waals surface area contributed by atoms with Crippen LogP contribution in [0.15, 0.2) is 29.3 Å². The monoisotopic (exact) mass is 437 g/mol. The van der Waals surface area contributed by atoms with Gasteiger partial charge in [-0.2, -0.15) is 0 Å². The molecule has 1 fully saturated rings. The van der Waals surface area contributed by atoms with Crippen LogP contribution in [0, 0.1) is 6.92 Å². The Morgan fingerprint density at radius 1 is 1.41 bits per heavy atom. The summed E-state index contributed by atoms with van der Waals surface area (Å²) in [5.74, 6) is 1.14. The molecule has 7 heteroatoms. The molecule has 1 saturated heterocycles. The second kappa shape index (κ2) is 8.71. The second-order valence-corrected chi connectivity index (χ2v) is 7.71. The number of rotatable bonds is 4. The molecule has 124 valence electrons. The third-order valence-electron chi connectivity index (χ3n) is 3.59. The lowest BCUT2D eigenvalue weighted by atomic mass is 10.1. The molecule has 1 aromatic rings. The molecule has 2 N–H and O–H groups in total. The molecule has 0 bridgehead atoms. The Morgan fingerprint density at radius 3 is 2.77 bits per heavy atom. The summed E-state index contributed by atoms with van der Waals surface area (Å²) in [6.07, 6.45) is 1.56. The summed E-state index contributed by atoms with van der Waals surface area (Å²) in [6, 6.07) is 8.38. The Morgan fingerprint density at radius 2 is 2.18 bits per heavy atom. The van der Waals surface area contributed by atoms with E-state index in [4.69, 9.17) is 0 Å². The Balaban J connectivity index is 0.00000242. The zero-order valence-electron chi connectivity index (χ0n) is 13.0. The number of guanidine groups is 1.